The maximum atomic E-state index is 11.0. The predicted molar refractivity (Wildman–Crippen MR) is 45.0 cm³/mol. The van der Waals surface area contributed by atoms with Gasteiger partial charge in [0.05, 0.1) is 0 Å². The number of piperidine rings is 1. The van der Waals surface area contributed by atoms with Gasteiger partial charge in [-0.25, -0.2) is 0 Å². The highest BCUT2D eigenvalue weighted by Crippen LogP contribution is 2.15. The van der Waals surface area contributed by atoms with Gasteiger partial charge in [0.2, 0.25) is 5.91 Å². The molecule has 0 spiro atoms. The molecule has 0 saturated carbocycles. The lowest BCUT2D eigenvalue weighted by Gasteiger charge is -2.37. The van der Waals surface area contributed by atoms with Crippen molar-refractivity contribution in [1.29, 1.82) is 0 Å². The van der Waals surface area contributed by atoms with Gasteiger partial charge in [-0.2, -0.15) is 5.01 Å². The molecule has 4 heteroatoms. The molecule has 1 atom stereocenters. The number of rotatable bonds is 1. The maximum absolute atomic E-state index is 11.0. The Bertz CT molecular complexity index is 172. The van der Waals surface area contributed by atoms with Gasteiger partial charge in [0.15, 0.2) is 0 Å². The average Bonchev–Trinajstić information content (AvgIpc) is 2.04. The molecule has 1 heterocycles. The normalized spacial score (nSPS) is 25.4. The summed E-state index contributed by atoms with van der Waals surface area (Å²) in [4.78, 5) is 11.0. The molecule has 1 amide bonds. The lowest BCUT2D eigenvalue weighted by atomic mass is 10.1. The molecule has 12 heavy (non-hydrogen) atoms. The molecule has 0 aromatic rings. The Balaban J connectivity index is 2.53. The van der Waals surface area contributed by atoms with Crippen LogP contribution >= 0.6 is 0 Å². The zero-order chi connectivity index (χ0) is 9.14. The Morgan fingerprint density at radius 1 is 1.58 bits per heavy atom. The largest absolute Gasteiger partial charge is 0.377 e. The number of aliphatic hydroxyl groups excluding tert-OH is 1. The summed E-state index contributed by atoms with van der Waals surface area (Å²) in [7, 11) is 1.69. The van der Waals surface area contributed by atoms with Gasteiger partial charge in [0.1, 0.15) is 6.23 Å². The molecule has 4 nitrogen and oxygen atoms in total. The number of amides is 1. The topological polar surface area (TPSA) is 43.8 Å². The van der Waals surface area contributed by atoms with E-state index >= 15 is 0 Å². The molecule has 0 aromatic heterocycles. The van der Waals surface area contributed by atoms with E-state index in [1.165, 1.54) is 11.9 Å². The number of carbonyl (C=O) groups is 1. The Morgan fingerprint density at radius 2 is 2.25 bits per heavy atom. The maximum Gasteiger partial charge on any atom is 0.233 e. The Labute approximate surface area is 72.7 Å². The number of carbonyl (C=O) groups excluding carboxylic acids is 1. The fraction of sp³-hybridized carbons (Fsp3) is 0.875. The van der Waals surface area contributed by atoms with Crippen molar-refractivity contribution in [1.82, 2.24) is 10.0 Å². The monoisotopic (exact) mass is 172 g/mol. The molecule has 1 N–H and O–H groups in total. The van der Waals surface area contributed by atoms with Crippen molar-refractivity contribution in [3.05, 3.63) is 0 Å². The van der Waals surface area contributed by atoms with E-state index in [4.69, 9.17) is 0 Å². The molecule has 1 fully saturated rings. The minimum atomic E-state index is -0.479. The lowest BCUT2D eigenvalue weighted by molar-refractivity contribution is -0.171. The first-order chi connectivity index (χ1) is 5.63. The highest BCUT2D eigenvalue weighted by Gasteiger charge is 2.24. The average molecular weight is 172 g/mol. The molecule has 0 bridgehead atoms. The summed E-state index contributed by atoms with van der Waals surface area (Å²) >= 11 is 0. The van der Waals surface area contributed by atoms with Crippen molar-refractivity contribution in [3.8, 4) is 0 Å². The second-order valence-corrected chi connectivity index (χ2v) is 3.18. The molecule has 1 aliphatic heterocycles. The van der Waals surface area contributed by atoms with Crippen LogP contribution in [0, 0.1) is 0 Å². The second-order valence-electron chi connectivity index (χ2n) is 3.18. The fourth-order valence-corrected chi connectivity index (χ4v) is 1.43. The molecular formula is C8H16N2O2. The van der Waals surface area contributed by atoms with E-state index in [1.807, 2.05) is 0 Å². The standard InChI is InChI=1S/C8H16N2O2/c1-7(11)9(2)10-6-4-3-5-8(10)12/h8,12H,3-6H2,1-2H3. The zero-order valence-corrected chi connectivity index (χ0v) is 7.66. The van der Waals surface area contributed by atoms with E-state index in [0.717, 1.165) is 25.8 Å². The van der Waals surface area contributed by atoms with Crippen molar-refractivity contribution < 1.29 is 9.90 Å². The van der Waals surface area contributed by atoms with Crippen LogP contribution in [0.5, 0.6) is 0 Å². The first-order valence-corrected chi connectivity index (χ1v) is 4.32. The fourth-order valence-electron chi connectivity index (χ4n) is 1.43. The predicted octanol–water partition coefficient (Wildman–Crippen LogP) is 0.184. The minimum Gasteiger partial charge on any atom is -0.377 e. The number of nitrogens with zero attached hydrogens (tertiary/aromatic N) is 2. The van der Waals surface area contributed by atoms with Crippen LogP contribution in [-0.2, 0) is 4.79 Å². The lowest BCUT2D eigenvalue weighted by Crippen LogP contribution is -2.51. The smallest absolute Gasteiger partial charge is 0.233 e. The second kappa shape index (κ2) is 3.87. The van der Waals surface area contributed by atoms with Crippen molar-refractivity contribution in [3.63, 3.8) is 0 Å². The van der Waals surface area contributed by atoms with Gasteiger partial charge < -0.3 is 5.11 Å². The van der Waals surface area contributed by atoms with Gasteiger partial charge in [0.25, 0.3) is 0 Å². The molecule has 1 saturated heterocycles. The third kappa shape index (κ3) is 1.95. The van der Waals surface area contributed by atoms with Crippen LogP contribution in [-0.4, -0.2) is 40.9 Å². The molecule has 0 aliphatic carbocycles. The quantitative estimate of drug-likeness (QED) is 0.613. The van der Waals surface area contributed by atoms with Gasteiger partial charge in [0, 0.05) is 20.5 Å². The number of hydrogen-bond acceptors (Lipinski definition) is 3. The zero-order valence-electron chi connectivity index (χ0n) is 7.66. The summed E-state index contributed by atoms with van der Waals surface area (Å²) in [6, 6.07) is 0. The summed E-state index contributed by atoms with van der Waals surface area (Å²) in [5.41, 5.74) is 0. The van der Waals surface area contributed by atoms with E-state index in [-0.39, 0.29) is 5.91 Å². The first kappa shape index (κ1) is 9.48. The molecule has 0 aromatic carbocycles. The van der Waals surface area contributed by atoms with Crippen molar-refractivity contribution in [2.75, 3.05) is 13.6 Å². The van der Waals surface area contributed by atoms with Crippen LogP contribution in [0.25, 0.3) is 0 Å². The van der Waals surface area contributed by atoms with Gasteiger partial charge in [-0.1, -0.05) is 0 Å². The summed E-state index contributed by atoms with van der Waals surface area (Å²) < 4.78 is 0. The highest BCUT2D eigenvalue weighted by molar-refractivity contribution is 5.72. The van der Waals surface area contributed by atoms with Crippen LogP contribution in [0.3, 0.4) is 0 Å². The molecule has 1 aliphatic rings. The number of hydrazine groups is 1. The van der Waals surface area contributed by atoms with E-state index < -0.39 is 6.23 Å². The highest BCUT2D eigenvalue weighted by atomic mass is 16.3. The van der Waals surface area contributed by atoms with E-state index in [0.29, 0.717) is 0 Å². The Kier molecular flexibility index (Phi) is 3.05. The minimum absolute atomic E-state index is 0.0315. The van der Waals surface area contributed by atoms with Crippen molar-refractivity contribution >= 4 is 5.91 Å². The molecule has 1 rings (SSSR count). The SMILES string of the molecule is CC(=O)N(C)N1CCCCC1O. The Morgan fingerprint density at radius 3 is 2.75 bits per heavy atom. The molecule has 70 valence electrons. The summed E-state index contributed by atoms with van der Waals surface area (Å²) in [5.74, 6) is -0.0315. The van der Waals surface area contributed by atoms with E-state index in [2.05, 4.69) is 0 Å². The molecule has 1 unspecified atom stereocenters. The van der Waals surface area contributed by atoms with E-state index in [9.17, 15) is 9.90 Å². The third-order valence-electron chi connectivity index (χ3n) is 2.28. The Hall–Kier alpha value is -0.610. The van der Waals surface area contributed by atoms with Crippen molar-refractivity contribution in [2.45, 2.75) is 32.4 Å². The van der Waals surface area contributed by atoms with E-state index in [1.54, 1.807) is 12.1 Å². The van der Waals surface area contributed by atoms with Gasteiger partial charge >= 0.3 is 0 Å². The van der Waals surface area contributed by atoms with Crippen LogP contribution in [0.4, 0.5) is 0 Å². The summed E-state index contributed by atoms with van der Waals surface area (Å²) in [6.07, 6.45) is 2.38. The van der Waals surface area contributed by atoms with Crippen molar-refractivity contribution in [2.24, 2.45) is 0 Å². The number of hydrogen-bond donors (Lipinski definition) is 1. The summed E-state index contributed by atoms with van der Waals surface area (Å²) in [5, 5.41) is 12.7. The van der Waals surface area contributed by atoms with Crippen LogP contribution in [0.2, 0.25) is 0 Å². The van der Waals surface area contributed by atoms with Gasteiger partial charge in [-0.15, -0.1) is 0 Å². The van der Waals surface area contributed by atoms with Crippen LogP contribution in [0.1, 0.15) is 26.2 Å². The summed E-state index contributed by atoms with van der Waals surface area (Å²) in [6.45, 7) is 2.28. The van der Waals surface area contributed by atoms with Crippen LogP contribution in [0.15, 0.2) is 0 Å². The first-order valence-electron chi connectivity index (χ1n) is 4.32. The number of aliphatic hydroxyl groups is 1. The third-order valence-corrected chi connectivity index (χ3v) is 2.28. The van der Waals surface area contributed by atoms with Gasteiger partial charge in [-0.3, -0.25) is 9.80 Å². The van der Waals surface area contributed by atoms with Crippen LogP contribution < -0.4 is 0 Å². The molecular weight excluding hydrogens is 156 g/mol. The van der Waals surface area contributed by atoms with Gasteiger partial charge in [-0.05, 0) is 19.3 Å². The molecule has 0 radical (unpaired) electrons.